The van der Waals surface area contributed by atoms with Gasteiger partial charge in [0.05, 0.1) is 22.4 Å². The van der Waals surface area contributed by atoms with E-state index in [-0.39, 0.29) is 40.9 Å². The Bertz CT molecular complexity index is 988. The second kappa shape index (κ2) is 4.67. The summed E-state index contributed by atoms with van der Waals surface area (Å²) in [5.74, 6) is -3.36. The molecular formula is C18H11FO5. The first kappa shape index (κ1) is 14.4. The third kappa shape index (κ3) is 1.68. The van der Waals surface area contributed by atoms with Crippen molar-refractivity contribution in [3.8, 4) is 11.5 Å². The second-order valence-corrected chi connectivity index (χ2v) is 5.80. The highest BCUT2D eigenvalue weighted by molar-refractivity contribution is 6.30. The van der Waals surface area contributed by atoms with Gasteiger partial charge in [0.25, 0.3) is 0 Å². The number of ketones is 2. The van der Waals surface area contributed by atoms with Crippen molar-refractivity contribution in [1.29, 1.82) is 0 Å². The summed E-state index contributed by atoms with van der Waals surface area (Å²) in [5, 5.41) is 30.6. The van der Waals surface area contributed by atoms with E-state index in [4.69, 9.17) is 0 Å². The molecule has 0 saturated heterocycles. The third-order valence-corrected chi connectivity index (χ3v) is 4.50. The van der Waals surface area contributed by atoms with Crippen LogP contribution in [0.3, 0.4) is 0 Å². The number of fused-ring (bicyclic) bond motifs is 3. The Morgan fingerprint density at radius 1 is 0.875 bits per heavy atom. The predicted octanol–water partition coefficient (Wildman–Crippen LogP) is 2.55. The first-order chi connectivity index (χ1) is 11.4. The number of halogens is 1. The molecular weight excluding hydrogens is 315 g/mol. The van der Waals surface area contributed by atoms with E-state index in [2.05, 4.69) is 0 Å². The van der Waals surface area contributed by atoms with Gasteiger partial charge in [-0.05, 0) is 18.6 Å². The summed E-state index contributed by atoms with van der Waals surface area (Å²) in [6.07, 6.45) is 1.50. The van der Waals surface area contributed by atoms with Crippen LogP contribution in [0.4, 0.5) is 4.39 Å². The van der Waals surface area contributed by atoms with Crippen LogP contribution in [-0.4, -0.2) is 26.9 Å². The minimum Gasteiger partial charge on any atom is -0.512 e. The number of carbonyl (C=O) groups is 2. The number of aromatic hydroxyl groups is 2. The fourth-order valence-corrected chi connectivity index (χ4v) is 3.35. The normalized spacial score (nSPS) is 15.5. The molecule has 2 aromatic carbocycles. The highest BCUT2D eigenvalue weighted by Crippen LogP contribution is 2.45. The number of aliphatic hydroxyl groups is 1. The molecule has 0 aliphatic heterocycles. The van der Waals surface area contributed by atoms with Gasteiger partial charge in [-0.25, -0.2) is 4.39 Å². The van der Waals surface area contributed by atoms with Gasteiger partial charge in [0.15, 0.2) is 5.78 Å². The van der Waals surface area contributed by atoms with Gasteiger partial charge in [0, 0.05) is 23.1 Å². The fraction of sp³-hybridized carbons (Fsp3) is 0.111. The van der Waals surface area contributed by atoms with E-state index in [0.29, 0.717) is 0 Å². The van der Waals surface area contributed by atoms with Crippen LogP contribution in [0.25, 0.3) is 0 Å². The van der Waals surface area contributed by atoms with E-state index in [1.807, 2.05) is 0 Å². The largest absolute Gasteiger partial charge is 0.512 e. The van der Waals surface area contributed by atoms with Crippen LogP contribution in [0.1, 0.15) is 43.0 Å². The average Bonchev–Trinajstić information content (AvgIpc) is 2.55. The molecule has 0 aromatic heterocycles. The maximum Gasteiger partial charge on any atom is 0.201 e. The van der Waals surface area contributed by atoms with E-state index in [9.17, 15) is 29.3 Å². The number of allylic oxidation sites excluding steroid dienone is 2. The van der Waals surface area contributed by atoms with Gasteiger partial charge in [0.2, 0.25) is 5.78 Å². The van der Waals surface area contributed by atoms with E-state index in [1.54, 1.807) is 0 Å². The molecule has 4 rings (SSSR count). The van der Waals surface area contributed by atoms with Crippen molar-refractivity contribution >= 4 is 11.6 Å². The van der Waals surface area contributed by atoms with Gasteiger partial charge in [-0.15, -0.1) is 0 Å². The molecule has 24 heavy (non-hydrogen) atoms. The van der Waals surface area contributed by atoms with E-state index in [0.717, 1.165) is 6.07 Å². The minimum atomic E-state index is -0.865. The predicted molar refractivity (Wildman–Crippen MR) is 81.2 cm³/mol. The van der Waals surface area contributed by atoms with Crippen LogP contribution in [0.5, 0.6) is 11.5 Å². The van der Waals surface area contributed by atoms with Crippen molar-refractivity contribution in [2.75, 3.05) is 0 Å². The van der Waals surface area contributed by atoms with Gasteiger partial charge in [-0.3, -0.25) is 9.59 Å². The smallest absolute Gasteiger partial charge is 0.201 e. The quantitative estimate of drug-likeness (QED) is 0.552. The molecule has 2 aromatic rings. The number of phenols is 2. The molecule has 0 atom stereocenters. The molecule has 0 unspecified atom stereocenters. The third-order valence-electron chi connectivity index (χ3n) is 4.50. The molecule has 0 heterocycles. The van der Waals surface area contributed by atoms with Crippen LogP contribution < -0.4 is 0 Å². The summed E-state index contributed by atoms with van der Waals surface area (Å²) in [6.45, 7) is 0. The molecule has 0 spiro atoms. The lowest BCUT2D eigenvalue weighted by Gasteiger charge is -2.25. The Balaban J connectivity index is 2.08. The number of carbonyl (C=O) groups excluding carboxylic acids is 2. The summed E-state index contributed by atoms with van der Waals surface area (Å²) in [4.78, 5) is 25.3. The topological polar surface area (TPSA) is 94.8 Å². The summed E-state index contributed by atoms with van der Waals surface area (Å²) in [7, 11) is 0. The lowest BCUT2D eigenvalue weighted by molar-refractivity contribution is 0.0970. The van der Waals surface area contributed by atoms with Gasteiger partial charge in [-0.2, -0.15) is 0 Å². The number of hydrogen-bond acceptors (Lipinski definition) is 5. The molecule has 3 N–H and O–H groups in total. The van der Waals surface area contributed by atoms with Crippen LogP contribution in [0, 0.1) is 5.82 Å². The van der Waals surface area contributed by atoms with E-state index >= 15 is 0 Å². The van der Waals surface area contributed by atoms with Crippen molar-refractivity contribution in [1.82, 2.24) is 0 Å². The molecule has 120 valence electrons. The van der Waals surface area contributed by atoms with E-state index < -0.39 is 40.0 Å². The van der Waals surface area contributed by atoms with E-state index in [1.165, 1.54) is 18.2 Å². The number of phenolic OH excluding ortho intramolecular Hbond substituents is 2. The van der Waals surface area contributed by atoms with Crippen molar-refractivity contribution in [3.05, 3.63) is 69.2 Å². The van der Waals surface area contributed by atoms with Crippen molar-refractivity contribution in [2.45, 2.75) is 12.8 Å². The molecule has 0 saturated carbocycles. The average molecular weight is 326 g/mol. The maximum atomic E-state index is 14.1. The SMILES string of the molecule is O=C1c2cccc(F)c2C(=O)c2c(O)c3c(c(O)c21)CC=C(O)C3. The molecule has 2 aliphatic rings. The molecule has 0 radical (unpaired) electrons. The summed E-state index contributed by atoms with van der Waals surface area (Å²) < 4.78 is 14.1. The Morgan fingerprint density at radius 2 is 1.54 bits per heavy atom. The van der Waals surface area contributed by atoms with Gasteiger partial charge < -0.3 is 15.3 Å². The van der Waals surface area contributed by atoms with Crippen molar-refractivity contribution < 1.29 is 29.3 Å². The highest BCUT2D eigenvalue weighted by atomic mass is 19.1. The van der Waals surface area contributed by atoms with Crippen LogP contribution in [0.15, 0.2) is 30.0 Å². The number of rotatable bonds is 0. The lowest BCUT2D eigenvalue weighted by Crippen LogP contribution is -2.24. The Labute approximate surface area is 135 Å². The van der Waals surface area contributed by atoms with Gasteiger partial charge in [-0.1, -0.05) is 12.1 Å². The Hall–Kier alpha value is -3.15. The molecule has 0 amide bonds. The summed E-state index contributed by atoms with van der Waals surface area (Å²) >= 11 is 0. The zero-order valence-corrected chi connectivity index (χ0v) is 12.3. The standard InChI is InChI=1S/C18H11FO5/c19-11-3-1-2-9-12(11)18(24)14-13(16(9)22)15(21)8-5-4-7(20)6-10(8)17(14)23/h1-4,20-21,23H,5-6H2. The highest BCUT2D eigenvalue weighted by Gasteiger charge is 2.39. The number of benzene rings is 2. The Kier molecular flexibility index (Phi) is 2.81. The lowest BCUT2D eigenvalue weighted by atomic mass is 9.78. The fourth-order valence-electron chi connectivity index (χ4n) is 3.35. The van der Waals surface area contributed by atoms with Crippen LogP contribution >= 0.6 is 0 Å². The Morgan fingerprint density at radius 3 is 2.29 bits per heavy atom. The van der Waals surface area contributed by atoms with Gasteiger partial charge >= 0.3 is 0 Å². The molecule has 5 nitrogen and oxygen atoms in total. The molecule has 2 aliphatic carbocycles. The monoisotopic (exact) mass is 326 g/mol. The second-order valence-electron chi connectivity index (χ2n) is 5.80. The summed E-state index contributed by atoms with van der Waals surface area (Å²) in [6, 6.07) is 3.67. The first-order valence-electron chi connectivity index (χ1n) is 7.27. The zero-order valence-electron chi connectivity index (χ0n) is 12.3. The number of aliphatic hydroxyl groups excluding tert-OH is 1. The van der Waals surface area contributed by atoms with Crippen molar-refractivity contribution in [3.63, 3.8) is 0 Å². The summed E-state index contributed by atoms with van der Waals surface area (Å²) in [5.41, 5.74) is -0.832. The molecule has 0 bridgehead atoms. The minimum absolute atomic E-state index is 0.0154. The molecule has 0 fully saturated rings. The van der Waals surface area contributed by atoms with Gasteiger partial charge in [0.1, 0.15) is 17.3 Å². The number of hydrogen-bond donors (Lipinski definition) is 3. The van der Waals surface area contributed by atoms with Crippen LogP contribution in [0.2, 0.25) is 0 Å². The first-order valence-corrected chi connectivity index (χ1v) is 7.27. The molecule has 6 heteroatoms. The van der Waals surface area contributed by atoms with Crippen LogP contribution in [-0.2, 0) is 12.8 Å². The maximum absolute atomic E-state index is 14.1. The zero-order chi connectivity index (χ0) is 17.2. The van der Waals surface area contributed by atoms with Crippen molar-refractivity contribution in [2.24, 2.45) is 0 Å².